The fourth-order valence-electron chi connectivity index (χ4n) is 2.97. The van der Waals surface area contributed by atoms with Crippen LogP contribution < -0.4 is 11.1 Å². The molecule has 3 rings (SSSR count). The summed E-state index contributed by atoms with van der Waals surface area (Å²) in [7, 11) is 0. The van der Waals surface area contributed by atoms with Crippen molar-refractivity contribution in [2.75, 3.05) is 11.9 Å². The molecule has 8 heteroatoms. The number of amides is 2. The smallest absolute Gasteiger partial charge is 0.331 e. The maximum atomic E-state index is 12.0. The molecule has 3 N–H and O–H groups in total. The topological polar surface area (TPSA) is 116 Å². The number of benzene rings is 2. The van der Waals surface area contributed by atoms with Crippen LogP contribution in [0.4, 0.5) is 5.69 Å². The van der Waals surface area contributed by atoms with E-state index in [9.17, 15) is 14.4 Å². The second kappa shape index (κ2) is 9.53. The molecule has 2 amide bonds. The Bertz CT molecular complexity index is 1130. The number of hydrogen-bond acceptors (Lipinski definition) is 5. The Hall–Kier alpha value is -4.20. The number of aryl methyl sites for hydroxylation is 1. The fourth-order valence-corrected chi connectivity index (χ4v) is 2.97. The van der Waals surface area contributed by atoms with Crippen LogP contribution in [0, 0.1) is 13.8 Å². The van der Waals surface area contributed by atoms with Crippen LogP contribution in [-0.4, -0.2) is 34.2 Å². The van der Waals surface area contributed by atoms with Gasteiger partial charge in [-0.3, -0.25) is 9.59 Å². The number of para-hydroxylation sites is 1. The average molecular weight is 418 g/mol. The summed E-state index contributed by atoms with van der Waals surface area (Å²) in [6.07, 6.45) is 2.89. The normalized spacial score (nSPS) is 10.8. The summed E-state index contributed by atoms with van der Waals surface area (Å²) < 4.78 is 6.79. The van der Waals surface area contributed by atoms with E-state index in [4.69, 9.17) is 10.5 Å². The van der Waals surface area contributed by atoms with Crippen molar-refractivity contribution < 1.29 is 19.1 Å². The molecule has 0 atom stereocenters. The zero-order valence-corrected chi connectivity index (χ0v) is 17.2. The third-order valence-electron chi connectivity index (χ3n) is 4.53. The Labute approximate surface area is 179 Å². The average Bonchev–Trinajstić information content (AvgIpc) is 3.05. The second-order valence-corrected chi connectivity index (χ2v) is 6.76. The van der Waals surface area contributed by atoms with Crippen molar-refractivity contribution in [1.29, 1.82) is 0 Å². The number of esters is 1. The highest BCUT2D eigenvalue weighted by Gasteiger charge is 2.11. The van der Waals surface area contributed by atoms with Crippen molar-refractivity contribution in [1.82, 2.24) is 9.78 Å². The largest absolute Gasteiger partial charge is 0.452 e. The minimum atomic E-state index is -0.648. The minimum Gasteiger partial charge on any atom is -0.452 e. The summed E-state index contributed by atoms with van der Waals surface area (Å²) in [5, 5.41) is 7.09. The van der Waals surface area contributed by atoms with Gasteiger partial charge in [-0.2, -0.15) is 5.10 Å². The number of carbonyl (C=O) groups is 3. The molecule has 158 valence electrons. The number of carbonyl (C=O) groups excluding carboxylic acids is 3. The van der Waals surface area contributed by atoms with Crippen LogP contribution in [0.25, 0.3) is 11.8 Å². The number of nitrogens with zero attached hydrogens (tertiary/aromatic N) is 2. The van der Waals surface area contributed by atoms with Gasteiger partial charge in [0, 0.05) is 28.6 Å². The molecule has 0 aliphatic rings. The first kappa shape index (κ1) is 21.5. The van der Waals surface area contributed by atoms with E-state index >= 15 is 0 Å². The highest BCUT2D eigenvalue weighted by molar-refractivity contribution is 5.96. The Balaban J connectivity index is 1.56. The number of primary amides is 1. The van der Waals surface area contributed by atoms with Crippen LogP contribution in [0.3, 0.4) is 0 Å². The van der Waals surface area contributed by atoms with Crippen molar-refractivity contribution in [3.63, 3.8) is 0 Å². The second-order valence-electron chi connectivity index (χ2n) is 6.76. The quantitative estimate of drug-likeness (QED) is 0.452. The summed E-state index contributed by atoms with van der Waals surface area (Å²) >= 11 is 0. The van der Waals surface area contributed by atoms with Gasteiger partial charge in [-0.25, -0.2) is 9.48 Å². The lowest BCUT2D eigenvalue weighted by molar-refractivity contribution is -0.142. The van der Waals surface area contributed by atoms with Gasteiger partial charge >= 0.3 is 5.97 Å². The third-order valence-corrected chi connectivity index (χ3v) is 4.53. The monoisotopic (exact) mass is 418 g/mol. The highest BCUT2D eigenvalue weighted by atomic mass is 16.5. The van der Waals surface area contributed by atoms with E-state index in [2.05, 4.69) is 10.4 Å². The van der Waals surface area contributed by atoms with Crippen LogP contribution in [0.5, 0.6) is 0 Å². The molecule has 8 nitrogen and oxygen atoms in total. The van der Waals surface area contributed by atoms with E-state index in [1.54, 1.807) is 10.8 Å². The maximum Gasteiger partial charge on any atom is 0.331 e. The first-order chi connectivity index (χ1) is 14.8. The summed E-state index contributed by atoms with van der Waals surface area (Å²) in [6.45, 7) is 3.32. The van der Waals surface area contributed by atoms with Crippen LogP contribution >= 0.6 is 0 Å². The number of nitrogens with one attached hydrogen (secondary N) is 1. The van der Waals surface area contributed by atoms with Crippen LogP contribution in [-0.2, 0) is 14.3 Å². The number of ether oxygens (including phenoxy) is 1. The predicted molar refractivity (Wildman–Crippen MR) is 117 cm³/mol. The zero-order chi connectivity index (χ0) is 22.4. The molecule has 1 heterocycles. The highest BCUT2D eigenvalue weighted by Crippen LogP contribution is 2.19. The molecule has 3 aromatic rings. The number of rotatable bonds is 7. The molecular formula is C23H22N4O4. The molecular weight excluding hydrogens is 396 g/mol. The Morgan fingerprint density at radius 2 is 1.74 bits per heavy atom. The van der Waals surface area contributed by atoms with Gasteiger partial charge in [-0.1, -0.05) is 18.2 Å². The zero-order valence-electron chi connectivity index (χ0n) is 17.2. The number of hydrogen-bond donors (Lipinski definition) is 2. The lowest BCUT2D eigenvalue weighted by Gasteiger charge is -2.06. The fraction of sp³-hybridized carbons (Fsp3) is 0.130. The molecule has 31 heavy (non-hydrogen) atoms. The van der Waals surface area contributed by atoms with E-state index in [-0.39, 0.29) is 0 Å². The minimum absolute atomic E-state index is 0.329. The van der Waals surface area contributed by atoms with Gasteiger partial charge in [0.05, 0.1) is 11.4 Å². The first-order valence-corrected chi connectivity index (χ1v) is 9.51. The van der Waals surface area contributed by atoms with Gasteiger partial charge < -0.3 is 15.8 Å². The Kier molecular flexibility index (Phi) is 6.61. The summed E-state index contributed by atoms with van der Waals surface area (Å²) in [5.41, 5.74) is 9.33. The SMILES string of the molecule is Cc1nn(-c2ccccc2)c(C)c1/C=C/C(=O)OCC(=O)Nc1ccc(C(N)=O)cc1. The third kappa shape index (κ3) is 5.45. The van der Waals surface area contributed by atoms with Crippen molar-refractivity contribution in [2.24, 2.45) is 5.73 Å². The molecule has 0 radical (unpaired) electrons. The maximum absolute atomic E-state index is 12.0. The standard InChI is InChI=1S/C23H22N4O4/c1-15-20(16(2)27(26-15)19-6-4-3-5-7-19)12-13-22(29)31-14-21(28)25-18-10-8-17(9-11-18)23(24)30/h3-13H,14H2,1-2H3,(H2,24,30)(H,25,28)/b13-12+. The molecule has 0 saturated carbocycles. The van der Waals surface area contributed by atoms with Gasteiger partial charge in [0.1, 0.15) is 0 Å². The molecule has 1 aromatic heterocycles. The summed E-state index contributed by atoms with van der Waals surface area (Å²) in [4.78, 5) is 35.0. The molecule has 0 aliphatic carbocycles. The van der Waals surface area contributed by atoms with E-state index in [1.165, 1.54) is 30.3 Å². The van der Waals surface area contributed by atoms with Gasteiger partial charge in [0.2, 0.25) is 5.91 Å². The van der Waals surface area contributed by atoms with E-state index in [0.717, 1.165) is 22.6 Å². The van der Waals surface area contributed by atoms with Crippen LogP contribution in [0.1, 0.15) is 27.3 Å². The molecule has 0 unspecified atom stereocenters. The van der Waals surface area contributed by atoms with Gasteiger partial charge in [-0.15, -0.1) is 0 Å². The van der Waals surface area contributed by atoms with Gasteiger partial charge in [0.25, 0.3) is 5.91 Å². The molecule has 2 aromatic carbocycles. The molecule has 0 bridgehead atoms. The van der Waals surface area contributed by atoms with Crippen molar-refractivity contribution in [3.05, 3.63) is 83.2 Å². The van der Waals surface area contributed by atoms with Crippen LogP contribution in [0.15, 0.2) is 60.7 Å². The first-order valence-electron chi connectivity index (χ1n) is 9.51. The lowest BCUT2D eigenvalue weighted by atomic mass is 10.2. The number of anilines is 1. The van der Waals surface area contributed by atoms with E-state index < -0.39 is 24.4 Å². The van der Waals surface area contributed by atoms with Gasteiger partial charge in [0.15, 0.2) is 6.61 Å². The molecule has 0 spiro atoms. The Morgan fingerprint density at radius 3 is 2.39 bits per heavy atom. The Morgan fingerprint density at radius 1 is 1.06 bits per heavy atom. The van der Waals surface area contributed by atoms with Gasteiger partial charge in [-0.05, 0) is 56.3 Å². The molecule has 0 saturated heterocycles. The molecule has 0 fully saturated rings. The van der Waals surface area contributed by atoms with E-state index in [1.807, 2.05) is 44.2 Å². The van der Waals surface area contributed by atoms with Crippen molar-refractivity contribution in [2.45, 2.75) is 13.8 Å². The summed E-state index contributed by atoms with van der Waals surface area (Å²) in [6, 6.07) is 15.7. The number of aromatic nitrogens is 2. The summed E-state index contributed by atoms with van der Waals surface area (Å²) in [5.74, 6) is -1.71. The van der Waals surface area contributed by atoms with E-state index in [0.29, 0.717) is 11.3 Å². The lowest BCUT2D eigenvalue weighted by Crippen LogP contribution is -2.20. The number of nitrogens with two attached hydrogens (primary N) is 1. The van der Waals surface area contributed by atoms with Crippen molar-refractivity contribution in [3.8, 4) is 5.69 Å². The molecule has 0 aliphatic heterocycles. The predicted octanol–water partition coefficient (Wildman–Crippen LogP) is 2.78. The van der Waals surface area contributed by atoms with Crippen LogP contribution in [0.2, 0.25) is 0 Å². The van der Waals surface area contributed by atoms with Crippen molar-refractivity contribution >= 4 is 29.5 Å².